The molecular formula is C18H33N3O3. The molecule has 1 N–H and O–H groups in total. The summed E-state index contributed by atoms with van der Waals surface area (Å²) in [5.41, 5.74) is -0.261. The first kappa shape index (κ1) is 19.0. The van der Waals surface area contributed by atoms with E-state index in [1.807, 2.05) is 23.6 Å². The van der Waals surface area contributed by atoms with Gasteiger partial charge in [-0.05, 0) is 38.5 Å². The van der Waals surface area contributed by atoms with Crippen LogP contribution < -0.4 is 5.32 Å². The summed E-state index contributed by atoms with van der Waals surface area (Å²) in [5, 5.41) is 2.97. The van der Waals surface area contributed by atoms with Crippen molar-refractivity contribution in [1.82, 2.24) is 15.1 Å². The van der Waals surface area contributed by atoms with Crippen LogP contribution >= 0.6 is 0 Å². The number of rotatable bonds is 4. The van der Waals surface area contributed by atoms with Crippen molar-refractivity contribution in [3.8, 4) is 0 Å². The number of carbonyl (C=O) groups is 2. The standard InChI is InChI=1S/C18H33N3O3/c1-14(2)11-19-17(23)20-7-5-6-15(12-20)10-16(22)21-8-9-24-18(3,4)13-21/h14-15H,5-13H2,1-4H3,(H,19,23)/t15-/m0/s1. The van der Waals surface area contributed by atoms with Crippen molar-refractivity contribution in [2.45, 2.75) is 52.6 Å². The maximum Gasteiger partial charge on any atom is 0.317 e. The van der Waals surface area contributed by atoms with E-state index in [9.17, 15) is 9.59 Å². The quantitative estimate of drug-likeness (QED) is 0.853. The zero-order valence-electron chi connectivity index (χ0n) is 15.6. The first-order valence-electron chi connectivity index (χ1n) is 9.21. The normalized spacial score (nSPS) is 24.1. The molecule has 2 aliphatic rings. The van der Waals surface area contributed by atoms with Crippen LogP contribution in [0.1, 0.15) is 47.0 Å². The van der Waals surface area contributed by atoms with Crippen LogP contribution in [0.3, 0.4) is 0 Å². The Hall–Kier alpha value is -1.30. The van der Waals surface area contributed by atoms with Gasteiger partial charge in [0.25, 0.3) is 0 Å². The Balaban J connectivity index is 1.81. The van der Waals surface area contributed by atoms with Gasteiger partial charge in [-0.15, -0.1) is 0 Å². The maximum atomic E-state index is 12.6. The molecule has 0 spiro atoms. The highest BCUT2D eigenvalue weighted by Gasteiger charge is 2.32. The van der Waals surface area contributed by atoms with E-state index >= 15 is 0 Å². The van der Waals surface area contributed by atoms with Crippen molar-refractivity contribution >= 4 is 11.9 Å². The number of nitrogens with one attached hydrogen (secondary N) is 1. The van der Waals surface area contributed by atoms with Crippen LogP contribution in [0.2, 0.25) is 0 Å². The second-order valence-corrected chi connectivity index (χ2v) is 8.16. The Kier molecular flexibility index (Phi) is 6.49. The van der Waals surface area contributed by atoms with Crippen LogP contribution in [0, 0.1) is 11.8 Å². The predicted octanol–water partition coefficient (Wildman–Crippen LogP) is 2.09. The van der Waals surface area contributed by atoms with E-state index < -0.39 is 0 Å². The van der Waals surface area contributed by atoms with Gasteiger partial charge in [-0.3, -0.25) is 4.79 Å². The van der Waals surface area contributed by atoms with Crippen LogP contribution in [0.5, 0.6) is 0 Å². The molecule has 2 heterocycles. The topological polar surface area (TPSA) is 61.9 Å². The highest BCUT2D eigenvalue weighted by atomic mass is 16.5. The Bertz CT molecular complexity index is 451. The third kappa shape index (κ3) is 5.65. The number of nitrogens with zero attached hydrogens (tertiary/aromatic N) is 2. The van der Waals surface area contributed by atoms with Gasteiger partial charge in [0.05, 0.1) is 12.2 Å². The van der Waals surface area contributed by atoms with E-state index in [1.165, 1.54) is 0 Å². The summed E-state index contributed by atoms with van der Waals surface area (Å²) < 4.78 is 5.68. The lowest BCUT2D eigenvalue weighted by Crippen LogP contribution is -2.51. The summed E-state index contributed by atoms with van der Waals surface area (Å²) in [7, 11) is 0. The zero-order chi connectivity index (χ0) is 17.7. The predicted molar refractivity (Wildman–Crippen MR) is 93.8 cm³/mol. The number of carbonyl (C=O) groups excluding carboxylic acids is 2. The van der Waals surface area contributed by atoms with Gasteiger partial charge >= 0.3 is 6.03 Å². The molecule has 0 aromatic rings. The number of hydrogen-bond acceptors (Lipinski definition) is 3. The van der Waals surface area contributed by atoms with Crippen LogP contribution in [0.15, 0.2) is 0 Å². The third-order valence-corrected chi connectivity index (χ3v) is 4.71. The van der Waals surface area contributed by atoms with Crippen molar-refractivity contribution in [3.63, 3.8) is 0 Å². The first-order valence-corrected chi connectivity index (χ1v) is 9.21. The van der Waals surface area contributed by atoms with E-state index in [0.717, 1.165) is 19.4 Å². The van der Waals surface area contributed by atoms with Gasteiger partial charge in [0.15, 0.2) is 0 Å². The van der Waals surface area contributed by atoms with Gasteiger partial charge in [0.1, 0.15) is 0 Å². The van der Waals surface area contributed by atoms with Crippen LogP contribution in [0.4, 0.5) is 4.79 Å². The molecule has 0 aromatic heterocycles. The van der Waals surface area contributed by atoms with Crippen LogP contribution in [-0.4, -0.2) is 66.7 Å². The molecule has 2 rings (SSSR count). The maximum absolute atomic E-state index is 12.6. The third-order valence-electron chi connectivity index (χ3n) is 4.71. The first-order chi connectivity index (χ1) is 11.3. The summed E-state index contributed by atoms with van der Waals surface area (Å²) in [6, 6.07) is 0.00774. The lowest BCUT2D eigenvalue weighted by Gasteiger charge is -2.39. The monoisotopic (exact) mass is 339 g/mol. The average Bonchev–Trinajstić information content (AvgIpc) is 2.51. The number of amides is 3. The molecular weight excluding hydrogens is 306 g/mol. The zero-order valence-corrected chi connectivity index (χ0v) is 15.6. The Morgan fingerprint density at radius 1 is 1.25 bits per heavy atom. The van der Waals surface area contributed by atoms with Crippen molar-refractivity contribution in [1.29, 1.82) is 0 Å². The number of hydrogen-bond donors (Lipinski definition) is 1. The fourth-order valence-electron chi connectivity index (χ4n) is 3.42. The fraction of sp³-hybridized carbons (Fsp3) is 0.889. The number of urea groups is 1. The van der Waals surface area contributed by atoms with E-state index in [0.29, 0.717) is 45.1 Å². The van der Waals surface area contributed by atoms with Gasteiger partial charge in [-0.1, -0.05) is 13.8 Å². The second-order valence-electron chi connectivity index (χ2n) is 8.16. The van der Waals surface area contributed by atoms with Gasteiger partial charge in [-0.25, -0.2) is 4.79 Å². The molecule has 1 atom stereocenters. The molecule has 0 radical (unpaired) electrons. The number of piperidine rings is 1. The highest BCUT2D eigenvalue weighted by Crippen LogP contribution is 2.23. The summed E-state index contributed by atoms with van der Waals surface area (Å²) in [6.07, 6.45) is 2.53. The molecule has 2 aliphatic heterocycles. The number of ether oxygens (including phenoxy) is 1. The molecule has 0 unspecified atom stereocenters. The summed E-state index contributed by atoms with van der Waals surface area (Å²) in [6.45, 7) is 12.3. The van der Waals surface area contributed by atoms with Crippen molar-refractivity contribution < 1.29 is 14.3 Å². The van der Waals surface area contributed by atoms with Gasteiger partial charge < -0.3 is 19.9 Å². The number of morpholine rings is 1. The SMILES string of the molecule is CC(C)CNC(=O)N1CCC[C@@H](CC(=O)N2CCOC(C)(C)C2)C1. The average molecular weight is 339 g/mol. The highest BCUT2D eigenvalue weighted by molar-refractivity contribution is 5.77. The second kappa shape index (κ2) is 8.19. The van der Waals surface area contributed by atoms with Gasteiger partial charge in [0, 0.05) is 39.1 Å². The van der Waals surface area contributed by atoms with Crippen molar-refractivity contribution in [2.75, 3.05) is 39.3 Å². The molecule has 0 saturated carbocycles. The molecule has 24 heavy (non-hydrogen) atoms. The molecule has 3 amide bonds. The molecule has 2 fully saturated rings. The Morgan fingerprint density at radius 3 is 2.67 bits per heavy atom. The molecule has 2 saturated heterocycles. The summed E-state index contributed by atoms with van der Waals surface area (Å²) >= 11 is 0. The van der Waals surface area contributed by atoms with E-state index in [4.69, 9.17) is 4.74 Å². The van der Waals surface area contributed by atoms with Gasteiger partial charge in [0.2, 0.25) is 5.91 Å². The molecule has 138 valence electrons. The molecule has 0 aromatic carbocycles. The molecule has 0 aliphatic carbocycles. The Morgan fingerprint density at radius 2 is 2.00 bits per heavy atom. The molecule has 6 heteroatoms. The minimum absolute atomic E-state index is 0.00774. The van der Waals surface area contributed by atoms with Crippen molar-refractivity contribution in [3.05, 3.63) is 0 Å². The lowest BCUT2D eigenvalue weighted by atomic mass is 9.94. The summed E-state index contributed by atoms with van der Waals surface area (Å²) in [5.74, 6) is 0.906. The largest absolute Gasteiger partial charge is 0.372 e. The van der Waals surface area contributed by atoms with Crippen LogP contribution in [0.25, 0.3) is 0 Å². The van der Waals surface area contributed by atoms with E-state index in [-0.39, 0.29) is 23.5 Å². The van der Waals surface area contributed by atoms with Gasteiger partial charge in [-0.2, -0.15) is 0 Å². The molecule has 6 nitrogen and oxygen atoms in total. The summed E-state index contributed by atoms with van der Waals surface area (Å²) in [4.78, 5) is 28.6. The van der Waals surface area contributed by atoms with Crippen LogP contribution in [-0.2, 0) is 9.53 Å². The smallest absolute Gasteiger partial charge is 0.317 e. The molecule has 0 bridgehead atoms. The van der Waals surface area contributed by atoms with E-state index in [2.05, 4.69) is 19.2 Å². The minimum atomic E-state index is -0.261. The Labute approximate surface area is 145 Å². The fourth-order valence-corrected chi connectivity index (χ4v) is 3.42. The minimum Gasteiger partial charge on any atom is -0.372 e. The number of likely N-dealkylation sites (tertiary alicyclic amines) is 1. The lowest BCUT2D eigenvalue weighted by molar-refractivity contribution is -0.147. The van der Waals surface area contributed by atoms with Crippen molar-refractivity contribution in [2.24, 2.45) is 11.8 Å². The van der Waals surface area contributed by atoms with E-state index in [1.54, 1.807) is 0 Å².